The van der Waals surface area contributed by atoms with Crippen LogP contribution in [0.1, 0.15) is 40.5 Å². The van der Waals surface area contributed by atoms with Gasteiger partial charge in [-0.05, 0) is 44.6 Å². The van der Waals surface area contributed by atoms with Crippen LogP contribution in [0, 0.1) is 5.41 Å². The normalized spacial score (nSPS) is 15.9. The minimum atomic E-state index is -0.270. The van der Waals surface area contributed by atoms with Crippen LogP contribution in [0.25, 0.3) is 5.65 Å². The second kappa shape index (κ2) is 10.1. The number of carbonyl (C=O) groups is 1. The number of ether oxygens (including phenoxy) is 1. The van der Waals surface area contributed by atoms with Crippen LogP contribution < -0.4 is 10.6 Å². The van der Waals surface area contributed by atoms with Gasteiger partial charge in [-0.25, -0.2) is 9.97 Å². The van der Waals surface area contributed by atoms with E-state index in [4.69, 9.17) is 5.41 Å². The van der Waals surface area contributed by atoms with E-state index in [2.05, 4.69) is 37.3 Å². The highest BCUT2D eigenvalue weighted by molar-refractivity contribution is 6.05. The van der Waals surface area contributed by atoms with E-state index in [-0.39, 0.29) is 5.91 Å². The molecule has 0 aliphatic carbocycles. The summed E-state index contributed by atoms with van der Waals surface area (Å²) in [6, 6.07) is 5.52. The lowest BCUT2D eigenvalue weighted by Gasteiger charge is -2.16. The Morgan fingerprint density at radius 3 is 2.74 bits per heavy atom. The predicted molar refractivity (Wildman–Crippen MR) is 122 cm³/mol. The Kier molecular flexibility index (Phi) is 7.32. The fourth-order valence-corrected chi connectivity index (χ4v) is 3.67. The van der Waals surface area contributed by atoms with E-state index in [1.54, 1.807) is 51.9 Å². The molecule has 1 unspecified atom stereocenters. The number of rotatable bonds is 5. The van der Waals surface area contributed by atoms with Crippen molar-refractivity contribution in [2.75, 3.05) is 45.5 Å². The van der Waals surface area contributed by atoms with E-state index in [1.165, 1.54) is 12.6 Å². The molecule has 4 rings (SSSR count). The molecule has 0 spiro atoms. The van der Waals surface area contributed by atoms with E-state index in [9.17, 15) is 4.79 Å². The maximum Gasteiger partial charge on any atom is 0.256 e. The van der Waals surface area contributed by atoms with Crippen LogP contribution in [0.5, 0.6) is 0 Å². The van der Waals surface area contributed by atoms with Crippen molar-refractivity contribution in [2.24, 2.45) is 0 Å². The number of benzene rings is 1. The summed E-state index contributed by atoms with van der Waals surface area (Å²) in [5.74, 6) is 0.184. The summed E-state index contributed by atoms with van der Waals surface area (Å²) in [5.41, 5.74) is 3.71. The topological polar surface area (TPSA) is 108 Å². The summed E-state index contributed by atoms with van der Waals surface area (Å²) in [7, 11) is 7.15. The molecule has 9 nitrogen and oxygen atoms in total. The van der Waals surface area contributed by atoms with Gasteiger partial charge in [0.2, 0.25) is 0 Å². The Morgan fingerprint density at radius 2 is 2.10 bits per heavy atom. The monoisotopic (exact) mass is 423 g/mol. The van der Waals surface area contributed by atoms with Crippen molar-refractivity contribution in [3.05, 3.63) is 53.6 Å². The number of methoxy groups -OCH3 is 1. The summed E-state index contributed by atoms with van der Waals surface area (Å²) in [4.78, 5) is 23.9. The lowest BCUT2D eigenvalue weighted by Crippen LogP contribution is -2.17. The molecule has 1 aliphatic rings. The first-order chi connectivity index (χ1) is 15.0. The van der Waals surface area contributed by atoms with Crippen molar-refractivity contribution in [1.82, 2.24) is 19.3 Å². The van der Waals surface area contributed by atoms with Crippen LogP contribution >= 0.6 is 0 Å². The van der Waals surface area contributed by atoms with E-state index in [0.29, 0.717) is 23.0 Å². The second-order valence-electron chi connectivity index (χ2n) is 7.40. The first-order valence-electron chi connectivity index (χ1n) is 10.1. The number of imidazole rings is 1. The molecule has 1 amide bonds. The molecule has 3 heterocycles. The van der Waals surface area contributed by atoms with Crippen LogP contribution in [0.2, 0.25) is 0 Å². The van der Waals surface area contributed by atoms with Gasteiger partial charge in [-0.2, -0.15) is 0 Å². The number of aromatic nitrogens is 3. The van der Waals surface area contributed by atoms with Crippen LogP contribution in [-0.4, -0.2) is 66.3 Å². The number of hydrogen-bond acceptors (Lipinski definition) is 7. The summed E-state index contributed by atoms with van der Waals surface area (Å²) in [6.07, 6.45) is 8.96. The molecular weight excluding hydrogens is 394 g/mol. The summed E-state index contributed by atoms with van der Waals surface area (Å²) >= 11 is 0. The number of carbonyl (C=O) groups excluding carboxylic acids is 1. The van der Waals surface area contributed by atoms with Gasteiger partial charge in [0.05, 0.1) is 24.1 Å². The number of amides is 1. The van der Waals surface area contributed by atoms with Crippen molar-refractivity contribution in [3.63, 3.8) is 0 Å². The van der Waals surface area contributed by atoms with Gasteiger partial charge in [0.1, 0.15) is 5.82 Å². The molecule has 1 fully saturated rings. The van der Waals surface area contributed by atoms with Gasteiger partial charge < -0.3 is 25.2 Å². The molecule has 3 N–H and O–H groups in total. The van der Waals surface area contributed by atoms with Gasteiger partial charge in [0.15, 0.2) is 5.65 Å². The Labute approximate surface area is 182 Å². The molecule has 9 heteroatoms. The standard InChI is InChI=1S/C20H23N7O.C2H6O/c1-22-15-6-5-13(8-14(15)9-21)20(28)25-18-12-27-11-16(24-19(27)10-23-18)17-4-3-7-26(17)2;1-3-2/h5-6,8-12,17,21-22H,3-4,7H2,1-2H3,(H,25,28);1-2H3. The average Bonchev–Trinajstić information content (AvgIpc) is 3.38. The van der Waals surface area contributed by atoms with Crippen LogP contribution in [-0.2, 0) is 4.74 Å². The number of fused-ring (bicyclic) bond motifs is 1. The number of anilines is 2. The van der Waals surface area contributed by atoms with Gasteiger partial charge in [-0.15, -0.1) is 0 Å². The minimum Gasteiger partial charge on any atom is -0.388 e. The number of likely N-dealkylation sites (tertiary alicyclic amines) is 1. The van der Waals surface area contributed by atoms with Crippen LogP contribution in [0.15, 0.2) is 36.8 Å². The zero-order chi connectivity index (χ0) is 22.4. The second-order valence-corrected chi connectivity index (χ2v) is 7.40. The third-order valence-electron chi connectivity index (χ3n) is 5.20. The van der Waals surface area contributed by atoms with Crippen molar-refractivity contribution in [2.45, 2.75) is 18.9 Å². The predicted octanol–water partition coefficient (Wildman–Crippen LogP) is 3.05. The highest BCUT2D eigenvalue weighted by atomic mass is 16.4. The van der Waals surface area contributed by atoms with Gasteiger partial charge in [-0.1, -0.05) is 0 Å². The molecule has 2 aromatic heterocycles. The maximum absolute atomic E-state index is 12.6. The largest absolute Gasteiger partial charge is 0.388 e. The zero-order valence-electron chi connectivity index (χ0n) is 18.3. The third kappa shape index (κ3) is 5.07. The smallest absolute Gasteiger partial charge is 0.256 e. The molecule has 164 valence electrons. The maximum atomic E-state index is 12.6. The Morgan fingerprint density at radius 1 is 1.32 bits per heavy atom. The van der Waals surface area contributed by atoms with Crippen LogP contribution in [0.3, 0.4) is 0 Å². The first kappa shape index (κ1) is 22.4. The molecular formula is C22H29N7O2. The van der Waals surface area contributed by atoms with Gasteiger partial charge in [-0.3, -0.25) is 9.69 Å². The molecule has 31 heavy (non-hydrogen) atoms. The fraction of sp³-hybridized carbons (Fsp3) is 0.364. The summed E-state index contributed by atoms with van der Waals surface area (Å²) in [5, 5.41) is 13.3. The lowest BCUT2D eigenvalue weighted by atomic mass is 10.1. The number of nitrogens with zero attached hydrogens (tertiary/aromatic N) is 4. The van der Waals surface area contributed by atoms with Gasteiger partial charge >= 0.3 is 0 Å². The van der Waals surface area contributed by atoms with Gasteiger partial charge in [0, 0.05) is 50.5 Å². The van der Waals surface area contributed by atoms with Crippen molar-refractivity contribution >= 4 is 29.3 Å². The van der Waals surface area contributed by atoms with E-state index in [1.807, 2.05) is 10.6 Å². The molecule has 1 saturated heterocycles. The summed E-state index contributed by atoms with van der Waals surface area (Å²) in [6.45, 7) is 1.09. The molecule has 1 aromatic carbocycles. The highest BCUT2D eigenvalue weighted by Gasteiger charge is 2.25. The number of hydrogen-bond donors (Lipinski definition) is 3. The minimum absolute atomic E-state index is 0.270. The molecule has 0 bridgehead atoms. The average molecular weight is 424 g/mol. The van der Waals surface area contributed by atoms with Crippen molar-refractivity contribution < 1.29 is 9.53 Å². The molecule has 0 saturated carbocycles. The zero-order valence-corrected chi connectivity index (χ0v) is 18.3. The first-order valence-corrected chi connectivity index (χ1v) is 10.1. The van der Waals surface area contributed by atoms with Gasteiger partial charge in [0.25, 0.3) is 5.91 Å². The SMILES string of the molecule is CNc1ccc(C(=O)Nc2cn3cc(C4CCCN4C)nc3cn2)cc1C=N.COC. The van der Waals surface area contributed by atoms with E-state index < -0.39 is 0 Å². The highest BCUT2D eigenvalue weighted by Crippen LogP contribution is 2.29. The van der Waals surface area contributed by atoms with Crippen molar-refractivity contribution in [1.29, 1.82) is 5.41 Å². The quantitative estimate of drug-likeness (QED) is 0.545. The van der Waals surface area contributed by atoms with Crippen LogP contribution in [0.4, 0.5) is 11.5 Å². The van der Waals surface area contributed by atoms with E-state index >= 15 is 0 Å². The number of nitrogens with one attached hydrogen (secondary N) is 3. The molecule has 1 aliphatic heterocycles. The Bertz CT molecular complexity index is 1060. The summed E-state index contributed by atoms with van der Waals surface area (Å²) < 4.78 is 6.15. The molecule has 3 aromatic rings. The molecule has 0 radical (unpaired) electrons. The lowest BCUT2D eigenvalue weighted by molar-refractivity contribution is 0.102. The van der Waals surface area contributed by atoms with Crippen molar-refractivity contribution in [3.8, 4) is 0 Å². The fourth-order valence-electron chi connectivity index (χ4n) is 3.67. The Hall–Kier alpha value is -3.30. The third-order valence-corrected chi connectivity index (χ3v) is 5.20. The molecule has 1 atom stereocenters. The Balaban J connectivity index is 0.000000858. The van der Waals surface area contributed by atoms with E-state index in [0.717, 1.165) is 30.0 Å².